The number of aromatic nitrogens is 4. The third-order valence-corrected chi connectivity index (χ3v) is 3.71. The van der Waals surface area contributed by atoms with Gasteiger partial charge in [-0.05, 0) is 39.8 Å². The molecule has 8 heteroatoms. The molecule has 3 N–H and O–H groups in total. The van der Waals surface area contributed by atoms with E-state index in [4.69, 9.17) is 10.5 Å². The van der Waals surface area contributed by atoms with Gasteiger partial charge in [0.1, 0.15) is 16.2 Å². The van der Waals surface area contributed by atoms with Crippen LogP contribution >= 0.6 is 27.7 Å². The second-order valence-corrected chi connectivity index (χ2v) is 5.69. The lowest BCUT2D eigenvalue weighted by atomic mass is 10.3. The molecular weight excluding hydrogens is 342 g/mol. The zero-order valence-corrected chi connectivity index (χ0v) is 12.8. The monoisotopic (exact) mass is 351 g/mol. The molecule has 0 amide bonds. The van der Waals surface area contributed by atoms with Crippen LogP contribution in [0.1, 0.15) is 0 Å². The van der Waals surface area contributed by atoms with Gasteiger partial charge in [0.2, 0.25) is 0 Å². The third kappa shape index (κ3) is 2.70. The maximum atomic E-state index is 5.68. The summed E-state index contributed by atoms with van der Waals surface area (Å²) in [5.41, 5.74) is 7.44. The Balaban J connectivity index is 1.94. The summed E-state index contributed by atoms with van der Waals surface area (Å²) in [6.07, 6.45) is 0. The molecule has 3 rings (SSSR count). The summed E-state index contributed by atoms with van der Waals surface area (Å²) in [6.45, 7) is 0. The van der Waals surface area contributed by atoms with Crippen molar-refractivity contribution in [3.63, 3.8) is 0 Å². The zero-order valence-electron chi connectivity index (χ0n) is 10.4. The third-order valence-electron chi connectivity index (χ3n) is 2.55. The van der Waals surface area contributed by atoms with E-state index in [1.807, 2.05) is 18.2 Å². The van der Waals surface area contributed by atoms with Crippen LogP contribution < -0.4 is 10.5 Å². The predicted octanol–water partition coefficient (Wildman–Crippen LogP) is 2.86. The van der Waals surface area contributed by atoms with Crippen molar-refractivity contribution < 1.29 is 4.74 Å². The highest BCUT2D eigenvalue weighted by Crippen LogP contribution is 2.27. The minimum absolute atomic E-state index is 0.409. The molecule has 0 radical (unpaired) electrons. The molecule has 1 aromatic carbocycles. The average Bonchev–Trinajstić information content (AvgIpc) is 2.78. The molecule has 20 heavy (non-hydrogen) atoms. The van der Waals surface area contributed by atoms with Crippen molar-refractivity contribution in [2.45, 2.75) is 10.3 Å². The van der Waals surface area contributed by atoms with Gasteiger partial charge in [-0.15, -0.1) is 0 Å². The number of nitrogens with two attached hydrogens (primary N) is 1. The van der Waals surface area contributed by atoms with Crippen molar-refractivity contribution in [2.24, 2.45) is 0 Å². The summed E-state index contributed by atoms with van der Waals surface area (Å²) >= 11 is 4.60. The van der Waals surface area contributed by atoms with E-state index < -0.39 is 0 Å². The molecule has 0 atom stereocenters. The molecule has 102 valence electrons. The van der Waals surface area contributed by atoms with Gasteiger partial charge in [-0.25, -0.2) is 15.0 Å². The quantitative estimate of drug-likeness (QED) is 0.557. The van der Waals surface area contributed by atoms with E-state index in [1.165, 1.54) is 11.8 Å². The molecule has 0 aliphatic rings. The van der Waals surface area contributed by atoms with Gasteiger partial charge < -0.3 is 15.5 Å². The number of hydrogen-bond donors (Lipinski definition) is 2. The van der Waals surface area contributed by atoms with Crippen LogP contribution in [-0.2, 0) is 0 Å². The van der Waals surface area contributed by atoms with Gasteiger partial charge in [0.25, 0.3) is 0 Å². The number of benzene rings is 1. The van der Waals surface area contributed by atoms with Crippen molar-refractivity contribution in [1.29, 1.82) is 0 Å². The topological polar surface area (TPSA) is 89.7 Å². The number of fused-ring (bicyclic) bond motifs is 1. The number of anilines is 1. The summed E-state index contributed by atoms with van der Waals surface area (Å²) in [6, 6.07) is 7.30. The number of aromatic amines is 1. The van der Waals surface area contributed by atoms with E-state index >= 15 is 0 Å². The Morgan fingerprint density at radius 3 is 2.85 bits per heavy atom. The number of hydrogen-bond acceptors (Lipinski definition) is 6. The maximum Gasteiger partial charge on any atom is 0.198 e. The summed E-state index contributed by atoms with van der Waals surface area (Å²) in [4.78, 5) is 16.0. The fourth-order valence-electron chi connectivity index (χ4n) is 1.69. The minimum atomic E-state index is 0.409. The van der Waals surface area contributed by atoms with Crippen LogP contribution in [0.3, 0.4) is 0 Å². The maximum absolute atomic E-state index is 5.68. The number of rotatable bonds is 3. The molecule has 0 bridgehead atoms. The fraction of sp³-hybridized carbons (Fsp3) is 0.0833. The number of nitrogens with one attached hydrogen (secondary N) is 1. The molecule has 2 aromatic heterocycles. The van der Waals surface area contributed by atoms with E-state index in [0.717, 1.165) is 16.8 Å². The molecule has 0 fully saturated rings. The van der Waals surface area contributed by atoms with E-state index in [1.54, 1.807) is 13.2 Å². The van der Waals surface area contributed by atoms with Gasteiger partial charge in [0.05, 0.1) is 18.1 Å². The Hall–Kier alpha value is -1.80. The SMILES string of the molecule is COc1ccc2nc(Sc3nc(N)cc(Br)n3)[nH]c2c1. The lowest BCUT2D eigenvalue weighted by molar-refractivity contribution is 0.415. The van der Waals surface area contributed by atoms with Gasteiger partial charge in [-0.3, -0.25) is 0 Å². The number of H-pyrrole nitrogens is 1. The van der Waals surface area contributed by atoms with Gasteiger partial charge in [-0.1, -0.05) is 0 Å². The standard InChI is InChI=1S/C12H10BrN5OS/c1-19-6-2-3-7-8(4-6)16-11(15-7)20-12-17-9(13)5-10(14)18-12/h2-5H,1H3,(H,15,16)(H2,14,17,18). The second-order valence-electron chi connectivity index (χ2n) is 3.93. The number of imidazole rings is 1. The van der Waals surface area contributed by atoms with Crippen LogP contribution in [0.25, 0.3) is 11.0 Å². The van der Waals surface area contributed by atoms with Gasteiger partial charge in [0.15, 0.2) is 10.3 Å². The Morgan fingerprint density at radius 1 is 1.25 bits per heavy atom. The molecule has 0 aliphatic carbocycles. The summed E-state index contributed by atoms with van der Waals surface area (Å²) in [5, 5.41) is 1.23. The molecule has 3 aromatic rings. The molecule has 0 saturated carbocycles. The van der Waals surface area contributed by atoms with Crippen LogP contribution in [0.4, 0.5) is 5.82 Å². The number of methoxy groups -OCH3 is 1. The highest BCUT2D eigenvalue weighted by Gasteiger charge is 2.09. The first-order chi connectivity index (χ1) is 9.64. The Kier molecular flexibility index (Phi) is 3.49. The first-order valence-electron chi connectivity index (χ1n) is 5.66. The van der Waals surface area contributed by atoms with Gasteiger partial charge >= 0.3 is 0 Å². The summed E-state index contributed by atoms with van der Waals surface area (Å²) in [5.74, 6) is 1.19. The summed E-state index contributed by atoms with van der Waals surface area (Å²) in [7, 11) is 1.63. The minimum Gasteiger partial charge on any atom is -0.497 e. The van der Waals surface area contributed by atoms with E-state index in [-0.39, 0.29) is 0 Å². The smallest absolute Gasteiger partial charge is 0.198 e. The van der Waals surface area contributed by atoms with Crippen LogP contribution in [0.2, 0.25) is 0 Å². The van der Waals surface area contributed by atoms with E-state index in [2.05, 4.69) is 35.9 Å². The lowest BCUT2D eigenvalue weighted by Crippen LogP contribution is -1.94. The first kappa shape index (κ1) is 13.2. The molecule has 0 unspecified atom stereocenters. The van der Waals surface area contributed by atoms with Crippen molar-refractivity contribution in [1.82, 2.24) is 19.9 Å². The average molecular weight is 352 g/mol. The van der Waals surface area contributed by atoms with Gasteiger partial charge in [0, 0.05) is 12.1 Å². The van der Waals surface area contributed by atoms with Crippen molar-refractivity contribution >= 4 is 44.5 Å². The Bertz CT molecular complexity index is 755. The van der Waals surface area contributed by atoms with Crippen LogP contribution in [0.15, 0.2) is 39.2 Å². The normalized spacial score (nSPS) is 10.9. The molecule has 0 spiro atoms. The Labute approximate surface area is 127 Å². The first-order valence-corrected chi connectivity index (χ1v) is 7.26. The molecule has 0 aliphatic heterocycles. The van der Waals surface area contributed by atoms with Crippen LogP contribution in [-0.4, -0.2) is 27.0 Å². The number of nitrogens with zero attached hydrogens (tertiary/aromatic N) is 3. The highest BCUT2D eigenvalue weighted by molar-refractivity contribution is 9.10. The van der Waals surface area contributed by atoms with E-state index in [0.29, 0.717) is 20.7 Å². The second kappa shape index (κ2) is 5.29. The Morgan fingerprint density at radius 2 is 2.10 bits per heavy atom. The van der Waals surface area contributed by atoms with Crippen molar-refractivity contribution in [3.05, 3.63) is 28.9 Å². The summed E-state index contributed by atoms with van der Waals surface area (Å²) < 4.78 is 5.82. The number of halogens is 1. The van der Waals surface area contributed by atoms with E-state index in [9.17, 15) is 0 Å². The number of ether oxygens (including phenoxy) is 1. The van der Waals surface area contributed by atoms with Gasteiger partial charge in [-0.2, -0.15) is 0 Å². The molecule has 6 nitrogen and oxygen atoms in total. The van der Waals surface area contributed by atoms with Crippen LogP contribution in [0, 0.1) is 0 Å². The molecular formula is C12H10BrN5OS. The number of nitrogen functional groups attached to an aromatic ring is 1. The van der Waals surface area contributed by atoms with Crippen molar-refractivity contribution in [3.8, 4) is 5.75 Å². The molecule has 2 heterocycles. The predicted molar refractivity (Wildman–Crippen MR) is 80.9 cm³/mol. The molecule has 0 saturated heterocycles. The highest BCUT2D eigenvalue weighted by atomic mass is 79.9. The lowest BCUT2D eigenvalue weighted by Gasteiger charge is -1.98. The van der Waals surface area contributed by atoms with Crippen LogP contribution in [0.5, 0.6) is 5.75 Å². The van der Waals surface area contributed by atoms with Crippen molar-refractivity contribution in [2.75, 3.05) is 12.8 Å². The fourth-order valence-corrected chi connectivity index (χ4v) is 2.98. The largest absolute Gasteiger partial charge is 0.497 e. The zero-order chi connectivity index (χ0) is 14.1.